The minimum absolute atomic E-state index is 0.127. The molecule has 7 heteroatoms. The van der Waals surface area contributed by atoms with E-state index in [2.05, 4.69) is 5.32 Å². The monoisotopic (exact) mass is 413 g/mol. The molecule has 0 bridgehead atoms. The molecule has 1 aliphatic rings. The van der Waals surface area contributed by atoms with Gasteiger partial charge in [0.15, 0.2) is 6.10 Å². The normalized spacial score (nSPS) is 16.5. The molecule has 0 unspecified atom stereocenters. The molecule has 2 aromatic carbocycles. The molecular formula is C23H27NO6. The molecule has 0 radical (unpaired) electrons. The van der Waals surface area contributed by atoms with E-state index in [9.17, 15) is 9.59 Å². The molecule has 1 N–H and O–H groups in total. The lowest BCUT2D eigenvalue weighted by Gasteiger charge is -2.16. The average molecular weight is 413 g/mol. The molecule has 2 aromatic rings. The Bertz CT molecular complexity index is 845. The molecule has 160 valence electrons. The third-order valence-electron chi connectivity index (χ3n) is 4.65. The second-order valence-electron chi connectivity index (χ2n) is 6.94. The van der Waals surface area contributed by atoms with Crippen LogP contribution >= 0.6 is 0 Å². The van der Waals surface area contributed by atoms with Crippen molar-refractivity contribution in [2.24, 2.45) is 0 Å². The third kappa shape index (κ3) is 5.97. The Morgan fingerprint density at radius 3 is 2.60 bits per heavy atom. The Morgan fingerprint density at radius 1 is 1.13 bits per heavy atom. The van der Waals surface area contributed by atoms with Crippen molar-refractivity contribution in [3.63, 3.8) is 0 Å². The van der Waals surface area contributed by atoms with E-state index < -0.39 is 18.0 Å². The Hall–Kier alpha value is -3.06. The lowest BCUT2D eigenvalue weighted by molar-refractivity contribution is -0.123. The Balaban J connectivity index is 1.51. The van der Waals surface area contributed by atoms with E-state index in [1.165, 1.54) is 6.92 Å². The minimum Gasteiger partial charge on any atom is -0.492 e. The zero-order chi connectivity index (χ0) is 21.3. The molecule has 1 heterocycles. The van der Waals surface area contributed by atoms with Gasteiger partial charge in [0.2, 0.25) is 0 Å². The van der Waals surface area contributed by atoms with Gasteiger partial charge in [-0.1, -0.05) is 12.1 Å². The van der Waals surface area contributed by atoms with Gasteiger partial charge in [-0.25, -0.2) is 4.79 Å². The first-order chi connectivity index (χ1) is 14.6. The Labute approximate surface area is 176 Å². The summed E-state index contributed by atoms with van der Waals surface area (Å²) in [5.41, 5.74) is 0.869. The molecule has 1 amide bonds. The van der Waals surface area contributed by atoms with Crippen LogP contribution in [0.15, 0.2) is 48.5 Å². The number of anilines is 1. The van der Waals surface area contributed by atoms with Crippen LogP contribution in [0.4, 0.5) is 5.69 Å². The molecule has 0 spiro atoms. The predicted octanol–water partition coefficient (Wildman–Crippen LogP) is 3.83. The highest BCUT2D eigenvalue weighted by atomic mass is 16.5. The summed E-state index contributed by atoms with van der Waals surface area (Å²) in [7, 11) is 0. The maximum Gasteiger partial charge on any atom is 0.338 e. The summed E-state index contributed by atoms with van der Waals surface area (Å²) in [6.07, 6.45) is 1.21. The number of benzene rings is 2. The fourth-order valence-corrected chi connectivity index (χ4v) is 3.02. The minimum atomic E-state index is -0.970. The summed E-state index contributed by atoms with van der Waals surface area (Å²) < 4.78 is 22.0. The molecular weight excluding hydrogens is 386 g/mol. The number of amides is 1. The van der Waals surface area contributed by atoms with Gasteiger partial charge >= 0.3 is 5.97 Å². The number of ether oxygens (including phenoxy) is 4. The van der Waals surface area contributed by atoms with E-state index >= 15 is 0 Å². The smallest absolute Gasteiger partial charge is 0.338 e. The first kappa shape index (κ1) is 21.6. The van der Waals surface area contributed by atoms with Crippen LogP contribution in [0, 0.1) is 0 Å². The quantitative estimate of drug-likeness (QED) is 0.629. The fraction of sp³-hybridized carbons (Fsp3) is 0.391. The zero-order valence-electron chi connectivity index (χ0n) is 17.3. The van der Waals surface area contributed by atoms with Crippen LogP contribution in [0.3, 0.4) is 0 Å². The number of para-hydroxylation sites is 2. The number of esters is 1. The predicted molar refractivity (Wildman–Crippen MR) is 112 cm³/mol. The number of carbonyl (C=O) groups is 2. The molecule has 1 fully saturated rings. The summed E-state index contributed by atoms with van der Waals surface area (Å²) in [6.45, 7) is 5.13. The van der Waals surface area contributed by atoms with E-state index in [0.717, 1.165) is 19.4 Å². The van der Waals surface area contributed by atoms with Crippen LogP contribution in [0.2, 0.25) is 0 Å². The van der Waals surface area contributed by atoms with Crippen molar-refractivity contribution < 1.29 is 28.5 Å². The van der Waals surface area contributed by atoms with Gasteiger partial charge in [0.25, 0.3) is 5.91 Å². The molecule has 7 nitrogen and oxygen atoms in total. The van der Waals surface area contributed by atoms with Crippen LogP contribution in [-0.2, 0) is 14.3 Å². The van der Waals surface area contributed by atoms with Gasteiger partial charge in [0.05, 0.1) is 24.0 Å². The molecule has 0 aliphatic carbocycles. The maximum absolute atomic E-state index is 12.4. The molecule has 1 aliphatic heterocycles. The SMILES string of the molecule is CCOc1ccccc1NC(=O)[C@H](C)OC(=O)c1ccc(OC[C@@H]2CCCO2)cc1. The molecule has 1 saturated heterocycles. The Kier molecular flexibility index (Phi) is 7.68. The summed E-state index contributed by atoms with van der Waals surface area (Å²) in [5.74, 6) is 0.194. The van der Waals surface area contributed by atoms with Crippen molar-refractivity contribution >= 4 is 17.6 Å². The number of hydrogen-bond donors (Lipinski definition) is 1. The van der Waals surface area contributed by atoms with Gasteiger partial charge < -0.3 is 24.3 Å². The molecule has 3 rings (SSSR count). The lowest BCUT2D eigenvalue weighted by atomic mass is 10.2. The molecule has 30 heavy (non-hydrogen) atoms. The van der Waals surface area contributed by atoms with Crippen LogP contribution in [-0.4, -0.2) is 43.9 Å². The van der Waals surface area contributed by atoms with Crippen molar-refractivity contribution in [3.05, 3.63) is 54.1 Å². The summed E-state index contributed by atoms with van der Waals surface area (Å²) in [6, 6.07) is 13.7. The van der Waals surface area contributed by atoms with Gasteiger partial charge in [0, 0.05) is 6.61 Å². The van der Waals surface area contributed by atoms with Gasteiger partial charge in [-0.05, 0) is 63.1 Å². The van der Waals surface area contributed by atoms with Crippen molar-refractivity contribution in [1.82, 2.24) is 0 Å². The summed E-state index contributed by atoms with van der Waals surface area (Å²) >= 11 is 0. The highest BCUT2D eigenvalue weighted by molar-refractivity contribution is 5.98. The van der Waals surface area contributed by atoms with E-state index in [1.807, 2.05) is 13.0 Å². The van der Waals surface area contributed by atoms with Crippen LogP contribution in [0.1, 0.15) is 37.0 Å². The average Bonchev–Trinajstić information content (AvgIpc) is 3.28. The van der Waals surface area contributed by atoms with Crippen molar-refractivity contribution in [2.75, 3.05) is 25.1 Å². The van der Waals surface area contributed by atoms with Crippen LogP contribution in [0.5, 0.6) is 11.5 Å². The third-order valence-corrected chi connectivity index (χ3v) is 4.65. The second-order valence-corrected chi connectivity index (χ2v) is 6.94. The van der Waals surface area contributed by atoms with Gasteiger partial charge in [-0.3, -0.25) is 4.79 Å². The van der Waals surface area contributed by atoms with Gasteiger partial charge in [-0.15, -0.1) is 0 Å². The van der Waals surface area contributed by atoms with Gasteiger partial charge in [0.1, 0.15) is 18.1 Å². The molecule has 0 aromatic heterocycles. The highest BCUT2D eigenvalue weighted by Crippen LogP contribution is 2.24. The number of rotatable bonds is 9. The maximum atomic E-state index is 12.4. The van der Waals surface area contributed by atoms with E-state index in [4.69, 9.17) is 18.9 Å². The first-order valence-corrected chi connectivity index (χ1v) is 10.1. The van der Waals surface area contributed by atoms with Crippen molar-refractivity contribution in [3.8, 4) is 11.5 Å². The zero-order valence-corrected chi connectivity index (χ0v) is 17.3. The second kappa shape index (κ2) is 10.6. The fourth-order valence-electron chi connectivity index (χ4n) is 3.02. The number of hydrogen-bond acceptors (Lipinski definition) is 6. The lowest BCUT2D eigenvalue weighted by Crippen LogP contribution is -2.30. The van der Waals surface area contributed by atoms with E-state index in [1.54, 1.807) is 42.5 Å². The highest BCUT2D eigenvalue weighted by Gasteiger charge is 2.20. The van der Waals surface area contributed by atoms with Crippen LogP contribution < -0.4 is 14.8 Å². The Morgan fingerprint density at radius 2 is 1.90 bits per heavy atom. The van der Waals surface area contributed by atoms with E-state index in [0.29, 0.717) is 36.0 Å². The largest absolute Gasteiger partial charge is 0.492 e. The van der Waals surface area contributed by atoms with Crippen molar-refractivity contribution in [2.45, 2.75) is 38.9 Å². The number of nitrogens with one attached hydrogen (secondary N) is 1. The van der Waals surface area contributed by atoms with Crippen molar-refractivity contribution in [1.29, 1.82) is 0 Å². The number of carbonyl (C=O) groups excluding carboxylic acids is 2. The molecule has 0 saturated carbocycles. The topological polar surface area (TPSA) is 83.1 Å². The summed E-state index contributed by atoms with van der Waals surface area (Å²) in [5, 5.41) is 2.73. The van der Waals surface area contributed by atoms with Crippen LogP contribution in [0.25, 0.3) is 0 Å². The standard InChI is InChI=1S/C23H27NO6/c1-3-27-21-9-5-4-8-20(21)24-22(25)16(2)30-23(26)17-10-12-18(13-11-17)29-15-19-7-6-14-28-19/h4-5,8-13,16,19H,3,6-7,14-15H2,1-2H3,(H,24,25)/t16-,19-/m0/s1. The first-order valence-electron chi connectivity index (χ1n) is 10.1. The molecule has 2 atom stereocenters. The van der Waals surface area contributed by atoms with E-state index in [-0.39, 0.29) is 6.10 Å². The summed E-state index contributed by atoms with van der Waals surface area (Å²) in [4.78, 5) is 24.8. The van der Waals surface area contributed by atoms with Gasteiger partial charge in [-0.2, -0.15) is 0 Å².